The van der Waals surface area contributed by atoms with E-state index < -0.39 is 4.92 Å². The van der Waals surface area contributed by atoms with Gasteiger partial charge in [0.25, 0.3) is 5.69 Å². The van der Waals surface area contributed by atoms with Crippen LogP contribution in [-0.4, -0.2) is 10.8 Å². The van der Waals surface area contributed by atoms with E-state index in [1.165, 1.54) is 18.2 Å². The number of nitrogen functional groups attached to an aromatic ring is 2. The summed E-state index contributed by atoms with van der Waals surface area (Å²) in [6.45, 7) is 0. The summed E-state index contributed by atoms with van der Waals surface area (Å²) in [7, 11) is 0. The van der Waals surface area contributed by atoms with Crippen molar-refractivity contribution in [2.45, 2.75) is 6.42 Å². The number of hydrogen-bond donors (Lipinski definition) is 3. The number of rotatable bonds is 4. The van der Waals surface area contributed by atoms with E-state index in [1.54, 1.807) is 24.3 Å². The van der Waals surface area contributed by atoms with Crippen LogP contribution in [-0.2, 0) is 11.2 Å². The van der Waals surface area contributed by atoms with Crippen molar-refractivity contribution in [2.24, 2.45) is 0 Å². The van der Waals surface area contributed by atoms with Gasteiger partial charge in [-0.2, -0.15) is 0 Å². The molecule has 0 fully saturated rings. The third-order valence-corrected chi connectivity index (χ3v) is 2.86. The molecule has 0 unspecified atom stereocenters. The number of carbonyl (C=O) groups excluding carboxylic acids is 1. The monoisotopic (exact) mass is 286 g/mol. The van der Waals surface area contributed by atoms with Gasteiger partial charge in [-0.05, 0) is 23.8 Å². The Bertz CT molecular complexity index is 700. The summed E-state index contributed by atoms with van der Waals surface area (Å²) >= 11 is 0. The molecule has 2 aromatic carbocycles. The van der Waals surface area contributed by atoms with E-state index in [-0.39, 0.29) is 18.0 Å². The lowest BCUT2D eigenvalue weighted by Gasteiger charge is -2.08. The number of nitrogens with zero attached hydrogens (tertiary/aromatic N) is 1. The lowest BCUT2D eigenvalue weighted by molar-refractivity contribution is -0.384. The molecule has 0 spiro atoms. The van der Waals surface area contributed by atoms with E-state index in [0.29, 0.717) is 22.6 Å². The number of non-ortho nitro benzene ring substituents is 1. The zero-order valence-electron chi connectivity index (χ0n) is 11.1. The molecule has 2 rings (SSSR count). The van der Waals surface area contributed by atoms with E-state index in [4.69, 9.17) is 11.5 Å². The van der Waals surface area contributed by atoms with Crippen LogP contribution >= 0.6 is 0 Å². The fourth-order valence-electron chi connectivity index (χ4n) is 1.85. The van der Waals surface area contributed by atoms with Gasteiger partial charge in [0.2, 0.25) is 5.91 Å². The van der Waals surface area contributed by atoms with E-state index in [1.807, 2.05) is 0 Å². The average Bonchev–Trinajstić information content (AvgIpc) is 2.42. The van der Waals surface area contributed by atoms with Gasteiger partial charge in [-0.25, -0.2) is 0 Å². The van der Waals surface area contributed by atoms with Crippen LogP contribution in [0, 0.1) is 10.1 Å². The predicted octanol–water partition coefficient (Wildman–Crippen LogP) is 1.94. The minimum absolute atomic E-state index is 0.0643. The van der Waals surface area contributed by atoms with Crippen molar-refractivity contribution in [2.75, 3.05) is 16.8 Å². The standard InChI is InChI=1S/C14H14N4O3/c15-10-5-4-9(13(16)7-10)6-14(19)17-11-2-1-3-12(8-11)18(20)21/h1-5,7-8H,6,15-16H2,(H,17,19). The summed E-state index contributed by atoms with van der Waals surface area (Å²) in [5.41, 5.74) is 13.2. The van der Waals surface area contributed by atoms with Crippen molar-refractivity contribution in [1.82, 2.24) is 0 Å². The van der Waals surface area contributed by atoms with Crippen molar-refractivity contribution < 1.29 is 9.72 Å². The zero-order valence-corrected chi connectivity index (χ0v) is 11.1. The van der Waals surface area contributed by atoms with Gasteiger partial charge in [-0.3, -0.25) is 14.9 Å². The predicted molar refractivity (Wildman–Crippen MR) is 80.7 cm³/mol. The van der Waals surface area contributed by atoms with Gasteiger partial charge >= 0.3 is 0 Å². The van der Waals surface area contributed by atoms with Gasteiger partial charge in [-0.1, -0.05) is 12.1 Å². The Kier molecular flexibility index (Phi) is 4.03. The third-order valence-electron chi connectivity index (χ3n) is 2.86. The molecule has 7 heteroatoms. The summed E-state index contributed by atoms with van der Waals surface area (Å²) in [6.07, 6.45) is 0.0643. The fourth-order valence-corrected chi connectivity index (χ4v) is 1.85. The minimum atomic E-state index is -0.520. The molecular weight excluding hydrogens is 272 g/mol. The molecule has 0 aliphatic heterocycles. The lowest BCUT2D eigenvalue weighted by atomic mass is 10.1. The second-order valence-electron chi connectivity index (χ2n) is 4.49. The molecule has 0 saturated heterocycles. The van der Waals surface area contributed by atoms with Gasteiger partial charge in [0, 0.05) is 29.2 Å². The number of nitro groups is 1. The number of nitro benzene ring substituents is 1. The summed E-state index contributed by atoms with van der Waals surface area (Å²) in [5, 5.41) is 13.3. The van der Waals surface area contributed by atoms with Crippen LogP contribution < -0.4 is 16.8 Å². The van der Waals surface area contributed by atoms with Crippen LogP contribution in [0.5, 0.6) is 0 Å². The first-order valence-corrected chi connectivity index (χ1v) is 6.14. The number of carbonyl (C=O) groups is 1. The molecule has 5 N–H and O–H groups in total. The maximum absolute atomic E-state index is 11.9. The van der Waals surface area contributed by atoms with Crippen LogP contribution in [0.4, 0.5) is 22.7 Å². The first kappa shape index (κ1) is 14.3. The van der Waals surface area contributed by atoms with Crippen LogP contribution in [0.3, 0.4) is 0 Å². The molecule has 0 aliphatic rings. The maximum atomic E-state index is 11.9. The molecule has 0 bridgehead atoms. The molecule has 7 nitrogen and oxygen atoms in total. The van der Waals surface area contributed by atoms with Crippen molar-refractivity contribution >= 4 is 28.7 Å². The molecular formula is C14H14N4O3. The van der Waals surface area contributed by atoms with E-state index >= 15 is 0 Å². The highest BCUT2D eigenvalue weighted by Gasteiger charge is 2.10. The van der Waals surface area contributed by atoms with Gasteiger partial charge in [0.05, 0.1) is 11.3 Å². The van der Waals surface area contributed by atoms with Gasteiger partial charge in [0.1, 0.15) is 0 Å². The van der Waals surface area contributed by atoms with Crippen molar-refractivity contribution in [3.63, 3.8) is 0 Å². The van der Waals surface area contributed by atoms with E-state index in [9.17, 15) is 14.9 Å². The second-order valence-corrected chi connectivity index (χ2v) is 4.49. The normalized spacial score (nSPS) is 10.1. The highest BCUT2D eigenvalue weighted by atomic mass is 16.6. The van der Waals surface area contributed by atoms with E-state index in [2.05, 4.69) is 5.32 Å². The Balaban J connectivity index is 2.08. The summed E-state index contributed by atoms with van der Waals surface area (Å²) < 4.78 is 0. The highest BCUT2D eigenvalue weighted by molar-refractivity contribution is 5.93. The highest BCUT2D eigenvalue weighted by Crippen LogP contribution is 2.19. The molecule has 21 heavy (non-hydrogen) atoms. The van der Waals surface area contributed by atoms with Crippen molar-refractivity contribution in [3.05, 3.63) is 58.1 Å². The van der Waals surface area contributed by atoms with Gasteiger partial charge < -0.3 is 16.8 Å². The topological polar surface area (TPSA) is 124 Å². The quantitative estimate of drug-likeness (QED) is 0.450. The molecule has 2 aromatic rings. The summed E-state index contributed by atoms with van der Waals surface area (Å²) in [5.74, 6) is -0.313. The number of benzene rings is 2. The van der Waals surface area contributed by atoms with Gasteiger partial charge in [-0.15, -0.1) is 0 Å². The number of anilines is 3. The number of nitrogens with two attached hydrogens (primary N) is 2. The fraction of sp³-hybridized carbons (Fsp3) is 0.0714. The largest absolute Gasteiger partial charge is 0.399 e. The maximum Gasteiger partial charge on any atom is 0.271 e. The first-order chi connectivity index (χ1) is 9.95. The molecule has 0 saturated carbocycles. The lowest BCUT2D eigenvalue weighted by Crippen LogP contribution is -2.15. The van der Waals surface area contributed by atoms with E-state index in [0.717, 1.165) is 0 Å². The zero-order chi connectivity index (χ0) is 15.4. The molecule has 0 aromatic heterocycles. The Hall–Kier alpha value is -3.09. The molecule has 0 radical (unpaired) electrons. The summed E-state index contributed by atoms with van der Waals surface area (Å²) in [4.78, 5) is 22.1. The second kappa shape index (κ2) is 5.91. The number of hydrogen-bond acceptors (Lipinski definition) is 5. The average molecular weight is 286 g/mol. The van der Waals surface area contributed by atoms with Gasteiger partial charge in [0.15, 0.2) is 0 Å². The number of nitrogens with one attached hydrogen (secondary N) is 1. The Morgan fingerprint density at radius 3 is 2.62 bits per heavy atom. The minimum Gasteiger partial charge on any atom is -0.399 e. The van der Waals surface area contributed by atoms with Crippen LogP contribution in [0.25, 0.3) is 0 Å². The molecule has 1 amide bonds. The molecule has 108 valence electrons. The third kappa shape index (κ3) is 3.69. The molecule has 0 atom stereocenters. The van der Waals surface area contributed by atoms with Crippen LogP contribution in [0.2, 0.25) is 0 Å². The van der Waals surface area contributed by atoms with Crippen molar-refractivity contribution in [3.8, 4) is 0 Å². The Morgan fingerprint density at radius 2 is 1.95 bits per heavy atom. The van der Waals surface area contributed by atoms with Crippen LogP contribution in [0.15, 0.2) is 42.5 Å². The Morgan fingerprint density at radius 1 is 1.19 bits per heavy atom. The smallest absolute Gasteiger partial charge is 0.271 e. The molecule has 0 heterocycles. The van der Waals surface area contributed by atoms with Crippen molar-refractivity contribution in [1.29, 1.82) is 0 Å². The Labute approximate surface area is 120 Å². The number of amides is 1. The SMILES string of the molecule is Nc1ccc(CC(=O)Nc2cccc([N+](=O)[O-])c2)c(N)c1. The van der Waals surface area contributed by atoms with Crippen LogP contribution in [0.1, 0.15) is 5.56 Å². The summed E-state index contributed by atoms with van der Waals surface area (Å²) in [6, 6.07) is 10.7. The molecule has 0 aliphatic carbocycles. The first-order valence-electron chi connectivity index (χ1n) is 6.14.